The molecule has 5 heteroatoms. The predicted octanol–water partition coefficient (Wildman–Crippen LogP) is 4.42. The highest BCUT2D eigenvalue weighted by Gasteiger charge is 2.45. The van der Waals surface area contributed by atoms with Crippen molar-refractivity contribution >= 4 is 17.5 Å². The van der Waals surface area contributed by atoms with Crippen molar-refractivity contribution < 1.29 is 9.53 Å². The van der Waals surface area contributed by atoms with Gasteiger partial charge in [-0.1, -0.05) is 66.9 Å². The molecule has 1 N–H and O–H groups in total. The number of halogens is 1. The zero-order valence-corrected chi connectivity index (χ0v) is 18.2. The number of hydrogen-bond acceptors (Lipinski definition) is 3. The molecule has 1 heterocycles. The van der Waals surface area contributed by atoms with E-state index in [4.69, 9.17) is 16.3 Å². The zero-order valence-electron chi connectivity index (χ0n) is 17.5. The van der Waals surface area contributed by atoms with Crippen LogP contribution in [0.15, 0.2) is 54.6 Å². The first-order valence-electron chi connectivity index (χ1n) is 11.1. The number of hydrogen-bond donors (Lipinski definition) is 1. The van der Waals surface area contributed by atoms with Gasteiger partial charge in [0.2, 0.25) is 5.91 Å². The van der Waals surface area contributed by atoms with E-state index in [1.807, 2.05) is 42.5 Å². The Morgan fingerprint density at radius 2 is 1.83 bits per heavy atom. The highest BCUT2D eigenvalue weighted by Crippen LogP contribution is 2.43. The molecule has 4 rings (SSSR count). The van der Waals surface area contributed by atoms with Crippen LogP contribution in [-0.4, -0.2) is 43.6 Å². The molecule has 1 aliphatic heterocycles. The van der Waals surface area contributed by atoms with Crippen LogP contribution in [0.4, 0.5) is 0 Å². The highest BCUT2D eigenvalue weighted by molar-refractivity contribution is 6.30. The number of amides is 1. The van der Waals surface area contributed by atoms with Crippen molar-refractivity contribution in [3.05, 3.63) is 70.7 Å². The molecule has 0 aromatic heterocycles. The van der Waals surface area contributed by atoms with Gasteiger partial charge in [0, 0.05) is 37.1 Å². The standard InChI is InChI=1S/C25H31ClN2O2/c26-23-10-8-22(9-11-23)25(12-4-5-13-25)24(29)28-15-14-27-16-21(17-28)19-30-18-20-6-2-1-3-7-20/h1-3,6-11,21,27H,4-5,12-19H2/t21-/m1/s1. The van der Waals surface area contributed by atoms with Crippen molar-refractivity contribution in [2.24, 2.45) is 5.92 Å². The molecule has 1 aliphatic carbocycles. The maximum atomic E-state index is 13.8. The maximum absolute atomic E-state index is 13.8. The van der Waals surface area contributed by atoms with Crippen molar-refractivity contribution in [1.82, 2.24) is 10.2 Å². The molecule has 160 valence electrons. The Hall–Kier alpha value is -1.88. The van der Waals surface area contributed by atoms with Crippen molar-refractivity contribution in [3.63, 3.8) is 0 Å². The van der Waals surface area contributed by atoms with Crippen molar-refractivity contribution in [1.29, 1.82) is 0 Å². The van der Waals surface area contributed by atoms with Crippen molar-refractivity contribution in [3.8, 4) is 0 Å². The van der Waals surface area contributed by atoms with Crippen molar-refractivity contribution in [2.45, 2.75) is 37.7 Å². The van der Waals surface area contributed by atoms with E-state index in [1.165, 1.54) is 5.56 Å². The van der Waals surface area contributed by atoms with E-state index in [-0.39, 0.29) is 5.91 Å². The third-order valence-electron chi connectivity index (χ3n) is 6.49. The number of ether oxygens (including phenoxy) is 1. The first-order chi connectivity index (χ1) is 14.7. The minimum absolute atomic E-state index is 0.277. The van der Waals surface area contributed by atoms with Gasteiger partial charge in [0.25, 0.3) is 0 Å². The third kappa shape index (κ3) is 4.88. The molecular weight excluding hydrogens is 396 g/mol. The first-order valence-corrected chi connectivity index (χ1v) is 11.4. The van der Waals surface area contributed by atoms with Crippen LogP contribution in [0.1, 0.15) is 36.8 Å². The van der Waals surface area contributed by atoms with E-state index in [0.717, 1.165) is 57.4 Å². The third-order valence-corrected chi connectivity index (χ3v) is 6.74. The summed E-state index contributed by atoms with van der Waals surface area (Å²) in [6.07, 6.45) is 4.05. The van der Waals surface area contributed by atoms with Crippen LogP contribution in [0.25, 0.3) is 0 Å². The SMILES string of the molecule is O=C(N1CCNC[C@@H](COCc2ccccc2)C1)C1(c2ccc(Cl)cc2)CCCC1. The lowest BCUT2D eigenvalue weighted by molar-refractivity contribution is -0.138. The second-order valence-corrected chi connectivity index (χ2v) is 9.05. The Morgan fingerprint density at radius 3 is 2.57 bits per heavy atom. The maximum Gasteiger partial charge on any atom is 0.233 e. The first kappa shape index (κ1) is 21.4. The van der Waals surface area contributed by atoms with E-state index in [0.29, 0.717) is 24.2 Å². The fourth-order valence-corrected chi connectivity index (χ4v) is 5.00. The van der Waals surface area contributed by atoms with Crippen LogP contribution >= 0.6 is 11.6 Å². The second kappa shape index (κ2) is 9.95. The molecule has 0 unspecified atom stereocenters. The van der Waals surface area contributed by atoms with E-state index in [1.54, 1.807) is 0 Å². The van der Waals surface area contributed by atoms with Crippen LogP contribution in [0.5, 0.6) is 0 Å². The summed E-state index contributed by atoms with van der Waals surface area (Å²) < 4.78 is 6.00. The van der Waals surface area contributed by atoms with Crippen LogP contribution in [-0.2, 0) is 21.6 Å². The Morgan fingerprint density at radius 1 is 1.10 bits per heavy atom. The van der Waals surface area contributed by atoms with Crippen LogP contribution in [0.2, 0.25) is 5.02 Å². The topological polar surface area (TPSA) is 41.6 Å². The fourth-order valence-electron chi connectivity index (χ4n) is 4.88. The molecule has 0 bridgehead atoms. The molecule has 1 atom stereocenters. The zero-order chi connectivity index (χ0) is 20.8. The molecular formula is C25H31ClN2O2. The summed E-state index contributed by atoms with van der Waals surface area (Å²) in [4.78, 5) is 15.9. The normalized spacial score (nSPS) is 21.4. The largest absolute Gasteiger partial charge is 0.376 e. The molecule has 1 amide bonds. The Balaban J connectivity index is 1.43. The van der Waals surface area contributed by atoms with Gasteiger partial charge in [-0.15, -0.1) is 0 Å². The smallest absolute Gasteiger partial charge is 0.233 e. The van der Waals surface area contributed by atoms with Gasteiger partial charge in [-0.3, -0.25) is 4.79 Å². The van der Waals surface area contributed by atoms with E-state index in [2.05, 4.69) is 22.3 Å². The minimum Gasteiger partial charge on any atom is -0.376 e. The number of carbonyl (C=O) groups is 1. The van der Waals surface area contributed by atoms with Gasteiger partial charge in [-0.05, 0) is 36.1 Å². The summed E-state index contributed by atoms with van der Waals surface area (Å²) in [5.41, 5.74) is 1.90. The molecule has 4 nitrogen and oxygen atoms in total. The molecule has 2 aliphatic rings. The van der Waals surface area contributed by atoms with Crippen molar-refractivity contribution in [2.75, 3.05) is 32.8 Å². The van der Waals surface area contributed by atoms with Gasteiger partial charge in [0.15, 0.2) is 0 Å². The summed E-state index contributed by atoms with van der Waals surface area (Å²) in [7, 11) is 0. The summed E-state index contributed by atoms with van der Waals surface area (Å²) in [6.45, 7) is 4.48. The number of nitrogens with zero attached hydrogens (tertiary/aromatic N) is 1. The summed E-state index contributed by atoms with van der Waals surface area (Å²) in [5, 5.41) is 4.21. The Labute approximate surface area is 184 Å². The fraction of sp³-hybridized carbons (Fsp3) is 0.480. The minimum atomic E-state index is -0.398. The van der Waals surface area contributed by atoms with Gasteiger partial charge in [-0.2, -0.15) is 0 Å². The quantitative estimate of drug-likeness (QED) is 0.743. The second-order valence-electron chi connectivity index (χ2n) is 8.62. The van der Waals surface area contributed by atoms with E-state index in [9.17, 15) is 4.79 Å². The number of carbonyl (C=O) groups excluding carboxylic acids is 1. The number of nitrogens with one attached hydrogen (secondary N) is 1. The summed E-state index contributed by atoms with van der Waals surface area (Å²) in [5.74, 6) is 0.572. The lowest BCUT2D eigenvalue weighted by Crippen LogP contribution is -2.48. The molecule has 30 heavy (non-hydrogen) atoms. The average molecular weight is 427 g/mol. The van der Waals surface area contributed by atoms with Gasteiger partial charge in [0.05, 0.1) is 18.6 Å². The molecule has 0 radical (unpaired) electrons. The molecule has 2 aromatic carbocycles. The molecule has 1 saturated carbocycles. The van der Waals surface area contributed by atoms with Crippen LogP contribution < -0.4 is 5.32 Å². The molecule has 2 aromatic rings. The Kier molecular flexibility index (Phi) is 7.08. The number of benzene rings is 2. The van der Waals surface area contributed by atoms with Gasteiger partial charge in [-0.25, -0.2) is 0 Å². The summed E-state index contributed by atoms with van der Waals surface area (Å²) in [6, 6.07) is 18.2. The van der Waals surface area contributed by atoms with Gasteiger partial charge in [0.1, 0.15) is 0 Å². The molecule has 1 saturated heterocycles. The van der Waals surface area contributed by atoms with Crippen LogP contribution in [0, 0.1) is 5.92 Å². The molecule has 0 spiro atoms. The average Bonchev–Trinajstić information content (AvgIpc) is 3.15. The lowest BCUT2D eigenvalue weighted by Gasteiger charge is -2.35. The summed E-state index contributed by atoms with van der Waals surface area (Å²) >= 11 is 6.11. The van der Waals surface area contributed by atoms with Gasteiger partial charge < -0.3 is 15.0 Å². The molecule has 2 fully saturated rings. The monoisotopic (exact) mass is 426 g/mol. The lowest BCUT2D eigenvalue weighted by atomic mass is 9.77. The van der Waals surface area contributed by atoms with Crippen LogP contribution in [0.3, 0.4) is 0 Å². The number of rotatable bonds is 6. The highest BCUT2D eigenvalue weighted by atomic mass is 35.5. The van der Waals surface area contributed by atoms with E-state index >= 15 is 0 Å². The Bertz CT molecular complexity index is 819. The van der Waals surface area contributed by atoms with E-state index < -0.39 is 5.41 Å². The predicted molar refractivity (Wildman–Crippen MR) is 121 cm³/mol. The van der Waals surface area contributed by atoms with Gasteiger partial charge >= 0.3 is 0 Å².